The Morgan fingerprint density at radius 3 is 2.48 bits per heavy atom. The van der Waals surface area contributed by atoms with E-state index in [0.717, 1.165) is 30.2 Å². The first-order valence-corrected chi connectivity index (χ1v) is 10.5. The molecule has 0 unspecified atom stereocenters. The molecule has 1 N–H and O–H groups in total. The lowest BCUT2D eigenvalue weighted by Crippen LogP contribution is -2.30. The molecule has 1 aliphatic rings. The standard InChI is InChI=1S/C22H26N6O3/c1-14-13-15(2)28-22(23-14)25-19(26-28)21(30)31-16(3)20(29)24-17-7-9-18(10-8-17)27-11-5-4-6-12-27/h7-10,13,16H,4-6,11-12H2,1-3H3,(H,24,29)/t16-/m1/s1. The predicted octanol–water partition coefficient (Wildman–Crippen LogP) is 2.92. The lowest BCUT2D eigenvalue weighted by atomic mass is 10.1. The first-order valence-electron chi connectivity index (χ1n) is 10.5. The Balaban J connectivity index is 1.37. The van der Waals surface area contributed by atoms with Crippen LogP contribution in [-0.2, 0) is 9.53 Å². The van der Waals surface area contributed by atoms with Gasteiger partial charge in [-0.3, -0.25) is 4.79 Å². The number of fused-ring (bicyclic) bond motifs is 1. The van der Waals surface area contributed by atoms with Crippen molar-refractivity contribution in [3.8, 4) is 0 Å². The molecule has 1 amide bonds. The maximum Gasteiger partial charge on any atom is 0.379 e. The molecule has 1 saturated heterocycles. The number of piperidine rings is 1. The fourth-order valence-corrected chi connectivity index (χ4v) is 3.67. The normalized spacial score (nSPS) is 15.0. The van der Waals surface area contributed by atoms with Gasteiger partial charge in [0.2, 0.25) is 0 Å². The summed E-state index contributed by atoms with van der Waals surface area (Å²) in [7, 11) is 0. The highest BCUT2D eigenvalue weighted by atomic mass is 16.5. The number of hydrogen-bond donors (Lipinski definition) is 1. The third kappa shape index (κ3) is 4.65. The highest BCUT2D eigenvalue weighted by Crippen LogP contribution is 2.22. The summed E-state index contributed by atoms with van der Waals surface area (Å²) in [6.45, 7) is 7.32. The number of hydrogen-bond acceptors (Lipinski definition) is 7. The van der Waals surface area contributed by atoms with E-state index in [4.69, 9.17) is 4.74 Å². The summed E-state index contributed by atoms with van der Waals surface area (Å²) in [6.07, 6.45) is 2.69. The first-order chi connectivity index (χ1) is 14.9. The van der Waals surface area contributed by atoms with Gasteiger partial charge in [-0.05, 0) is 70.4 Å². The lowest BCUT2D eigenvalue weighted by molar-refractivity contribution is -0.123. The first kappa shape index (κ1) is 20.8. The molecule has 0 aliphatic carbocycles. The van der Waals surface area contributed by atoms with Crippen molar-refractivity contribution in [1.29, 1.82) is 0 Å². The van der Waals surface area contributed by atoms with Crippen LogP contribution in [0.25, 0.3) is 5.78 Å². The number of carbonyl (C=O) groups excluding carboxylic acids is 2. The number of carbonyl (C=O) groups is 2. The molecule has 0 bridgehead atoms. The molecule has 3 aromatic rings. The van der Waals surface area contributed by atoms with E-state index in [1.54, 1.807) is 0 Å². The van der Waals surface area contributed by atoms with Crippen LogP contribution in [0.15, 0.2) is 30.3 Å². The van der Waals surface area contributed by atoms with Crippen LogP contribution < -0.4 is 10.2 Å². The molecule has 162 valence electrons. The van der Waals surface area contributed by atoms with Crippen molar-refractivity contribution in [3.05, 3.63) is 47.5 Å². The molecule has 1 aromatic carbocycles. The van der Waals surface area contributed by atoms with Crippen LogP contribution in [0.1, 0.15) is 48.2 Å². The monoisotopic (exact) mass is 422 g/mol. The highest BCUT2D eigenvalue weighted by molar-refractivity contribution is 5.96. The quantitative estimate of drug-likeness (QED) is 0.631. The number of aromatic nitrogens is 4. The summed E-state index contributed by atoms with van der Waals surface area (Å²) in [4.78, 5) is 35.6. The summed E-state index contributed by atoms with van der Waals surface area (Å²) in [5.41, 5.74) is 3.37. The van der Waals surface area contributed by atoms with Crippen LogP contribution in [-0.4, -0.2) is 50.7 Å². The number of nitrogens with zero attached hydrogens (tertiary/aromatic N) is 5. The van der Waals surface area contributed by atoms with Crippen LogP contribution in [0.5, 0.6) is 0 Å². The average molecular weight is 422 g/mol. The van der Waals surface area contributed by atoms with E-state index in [-0.39, 0.29) is 5.82 Å². The van der Waals surface area contributed by atoms with Gasteiger partial charge >= 0.3 is 5.97 Å². The smallest absolute Gasteiger partial charge is 0.379 e. The summed E-state index contributed by atoms with van der Waals surface area (Å²) in [5.74, 6) is -1.01. The summed E-state index contributed by atoms with van der Waals surface area (Å²) in [6, 6.07) is 9.54. The largest absolute Gasteiger partial charge is 0.447 e. The Morgan fingerprint density at radius 1 is 1.06 bits per heavy atom. The van der Waals surface area contributed by atoms with Gasteiger partial charge in [0.05, 0.1) is 0 Å². The van der Waals surface area contributed by atoms with E-state index >= 15 is 0 Å². The van der Waals surface area contributed by atoms with Gasteiger partial charge in [-0.1, -0.05) is 0 Å². The minimum absolute atomic E-state index is 0.133. The van der Waals surface area contributed by atoms with Crippen molar-refractivity contribution in [3.63, 3.8) is 0 Å². The van der Waals surface area contributed by atoms with Crippen LogP contribution >= 0.6 is 0 Å². The van der Waals surface area contributed by atoms with Gasteiger partial charge < -0.3 is 15.0 Å². The molecule has 0 spiro atoms. The Hall–Kier alpha value is -3.49. The average Bonchev–Trinajstić information content (AvgIpc) is 3.19. The predicted molar refractivity (Wildman–Crippen MR) is 116 cm³/mol. The number of ether oxygens (including phenoxy) is 1. The van der Waals surface area contributed by atoms with Crippen molar-refractivity contribution in [2.24, 2.45) is 0 Å². The molecule has 31 heavy (non-hydrogen) atoms. The van der Waals surface area contributed by atoms with Crippen molar-refractivity contribution < 1.29 is 14.3 Å². The zero-order valence-corrected chi connectivity index (χ0v) is 18.0. The van der Waals surface area contributed by atoms with Gasteiger partial charge in [0.1, 0.15) is 0 Å². The van der Waals surface area contributed by atoms with Gasteiger partial charge in [0.25, 0.3) is 17.5 Å². The van der Waals surface area contributed by atoms with E-state index in [1.165, 1.54) is 30.7 Å². The number of esters is 1. The van der Waals surface area contributed by atoms with Crippen molar-refractivity contribution in [2.45, 2.75) is 46.1 Å². The maximum absolute atomic E-state index is 12.5. The van der Waals surface area contributed by atoms with Crippen LogP contribution in [0.3, 0.4) is 0 Å². The third-order valence-electron chi connectivity index (χ3n) is 5.31. The molecule has 9 nitrogen and oxygen atoms in total. The molecular weight excluding hydrogens is 396 g/mol. The molecule has 1 fully saturated rings. The lowest BCUT2D eigenvalue weighted by Gasteiger charge is -2.28. The van der Waals surface area contributed by atoms with Crippen molar-refractivity contribution in [2.75, 3.05) is 23.3 Å². The molecule has 1 aliphatic heterocycles. The van der Waals surface area contributed by atoms with E-state index in [2.05, 4.69) is 25.3 Å². The number of amides is 1. The summed E-state index contributed by atoms with van der Waals surface area (Å²) >= 11 is 0. The minimum Gasteiger partial charge on any atom is -0.447 e. The van der Waals surface area contributed by atoms with Crippen LogP contribution in [0.2, 0.25) is 0 Å². The van der Waals surface area contributed by atoms with Gasteiger partial charge in [-0.25, -0.2) is 14.3 Å². The molecule has 0 radical (unpaired) electrons. The second-order valence-corrected chi connectivity index (χ2v) is 7.82. The topological polar surface area (TPSA) is 102 Å². The number of benzene rings is 1. The Kier molecular flexibility index (Phi) is 5.83. The van der Waals surface area contributed by atoms with Crippen LogP contribution in [0.4, 0.5) is 11.4 Å². The maximum atomic E-state index is 12.5. The Bertz CT molecular complexity index is 1100. The fraction of sp³-hybridized carbons (Fsp3) is 0.409. The molecule has 2 aromatic heterocycles. The molecule has 3 heterocycles. The zero-order valence-electron chi connectivity index (χ0n) is 18.0. The zero-order chi connectivity index (χ0) is 22.0. The van der Waals surface area contributed by atoms with Gasteiger partial charge in [0, 0.05) is 35.9 Å². The summed E-state index contributed by atoms with van der Waals surface area (Å²) < 4.78 is 6.73. The SMILES string of the molecule is Cc1cc(C)n2nc(C(=O)O[C@H](C)C(=O)Nc3ccc(N4CCCCC4)cc3)nc2n1. The highest BCUT2D eigenvalue weighted by Gasteiger charge is 2.23. The van der Waals surface area contributed by atoms with E-state index in [9.17, 15) is 9.59 Å². The Morgan fingerprint density at radius 2 is 1.77 bits per heavy atom. The van der Waals surface area contributed by atoms with Crippen molar-refractivity contribution in [1.82, 2.24) is 19.6 Å². The number of anilines is 2. The minimum atomic E-state index is -1.00. The summed E-state index contributed by atoms with van der Waals surface area (Å²) in [5, 5.41) is 6.91. The van der Waals surface area contributed by atoms with Gasteiger partial charge in [-0.2, -0.15) is 4.98 Å². The molecular formula is C22H26N6O3. The second kappa shape index (κ2) is 8.71. The Labute approximate surface area is 180 Å². The number of rotatable bonds is 5. The van der Waals surface area contributed by atoms with Crippen molar-refractivity contribution >= 4 is 29.0 Å². The van der Waals surface area contributed by atoms with E-state index in [0.29, 0.717) is 11.5 Å². The van der Waals surface area contributed by atoms with E-state index < -0.39 is 18.0 Å². The van der Waals surface area contributed by atoms with E-state index in [1.807, 2.05) is 44.2 Å². The third-order valence-corrected chi connectivity index (χ3v) is 5.31. The van der Waals surface area contributed by atoms with Crippen LogP contribution in [0, 0.1) is 13.8 Å². The molecule has 9 heteroatoms. The van der Waals surface area contributed by atoms with Gasteiger partial charge in [0.15, 0.2) is 6.10 Å². The molecule has 0 saturated carbocycles. The second-order valence-electron chi connectivity index (χ2n) is 7.82. The molecule has 4 rings (SSSR count). The fourth-order valence-electron chi connectivity index (χ4n) is 3.67. The molecule has 1 atom stereocenters. The number of aryl methyl sites for hydroxylation is 2. The number of nitrogens with one attached hydrogen (secondary N) is 1. The van der Waals surface area contributed by atoms with Gasteiger partial charge in [-0.15, -0.1) is 5.10 Å².